The summed E-state index contributed by atoms with van der Waals surface area (Å²) < 4.78 is 4.89. The number of rotatable bonds is 5. The van der Waals surface area contributed by atoms with Crippen LogP contribution in [-0.2, 0) is 20.7 Å². The van der Waals surface area contributed by atoms with Crippen LogP contribution in [0.15, 0.2) is 16.8 Å². The van der Waals surface area contributed by atoms with Gasteiger partial charge in [-0.15, -0.1) is 0 Å². The largest absolute Gasteiger partial charge is 0.467 e. The second-order valence-corrected chi connectivity index (χ2v) is 6.09. The normalized spacial score (nSPS) is 17.4. The van der Waals surface area contributed by atoms with Crippen molar-refractivity contribution in [2.45, 2.75) is 50.5 Å². The van der Waals surface area contributed by atoms with Gasteiger partial charge in [-0.05, 0) is 41.7 Å². The quantitative estimate of drug-likeness (QED) is 0.850. The molecule has 0 saturated heterocycles. The van der Waals surface area contributed by atoms with Gasteiger partial charge in [0.05, 0.1) is 7.11 Å². The van der Waals surface area contributed by atoms with E-state index in [2.05, 4.69) is 5.32 Å². The first-order chi connectivity index (χ1) is 9.66. The maximum Gasteiger partial charge on any atom is 0.331 e. The molecule has 5 heteroatoms. The molecule has 110 valence electrons. The van der Waals surface area contributed by atoms with E-state index in [1.807, 2.05) is 16.8 Å². The van der Waals surface area contributed by atoms with E-state index in [9.17, 15) is 9.59 Å². The molecule has 1 N–H and O–H groups in total. The van der Waals surface area contributed by atoms with Gasteiger partial charge in [0.1, 0.15) is 5.54 Å². The van der Waals surface area contributed by atoms with Crippen molar-refractivity contribution in [3.8, 4) is 0 Å². The van der Waals surface area contributed by atoms with Crippen LogP contribution in [0.25, 0.3) is 0 Å². The van der Waals surface area contributed by atoms with Crippen LogP contribution in [0.3, 0.4) is 0 Å². The highest BCUT2D eigenvalue weighted by molar-refractivity contribution is 7.07. The molecule has 20 heavy (non-hydrogen) atoms. The first-order valence-corrected chi connectivity index (χ1v) is 8.01. The van der Waals surface area contributed by atoms with Gasteiger partial charge in [-0.2, -0.15) is 11.3 Å². The lowest BCUT2D eigenvalue weighted by Gasteiger charge is -2.35. The fraction of sp³-hybridized carbons (Fsp3) is 0.600. The maximum absolute atomic E-state index is 12.1. The van der Waals surface area contributed by atoms with E-state index in [1.165, 1.54) is 12.7 Å². The second kappa shape index (κ2) is 6.88. The van der Waals surface area contributed by atoms with Crippen LogP contribution in [0.5, 0.6) is 0 Å². The molecule has 0 bridgehead atoms. The Kier molecular flexibility index (Phi) is 5.17. The average molecular weight is 295 g/mol. The third-order valence-electron chi connectivity index (χ3n) is 3.88. The standard InChI is InChI=1S/C15H21NO3S/c1-19-14(18)15(8-3-2-4-9-15)16-13(17)6-5-12-7-10-20-11-12/h7,10-11H,2-6,8-9H2,1H3,(H,16,17). The van der Waals surface area contributed by atoms with Crippen molar-refractivity contribution in [2.24, 2.45) is 0 Å². The minimum Gasteiger partial charge on any atom is -0.467 e. The molecule has 1 heterocycles. The molecule has 2 rings (SSSR count). The van der Waals surface area contributed by atoms with Crippen LogP contribution < -0.4 is 5.32 Å². The van der Waals surface area contributed by atoms with Crippen molar-refractivity contribution in [3.63, 3.8) is 0 Å². The van der Waals surface area contributed by atoms with Crippen LogP contribution in [0.2, 0.25) is 0 Å². The molecule has 1 saturated carbocycles. The number of amides is 1. The van der Waals surface area contributed by atoms with Gasteiger partial charge in [-0.1, -0.05) is 19.3 Å². The highest BCUT2D eigenvalue weighted by Crippen LogP contribution is 2.29. The number of hydrogen-bond donors (Lipinski definition) is 1. The zero-order valence-corrected chi connectivity index (χ0v) is 12.6. The highest BCUT2D eigenvalue weighted by Gasteiger charge is 2.41. The Hall–Kier alpha value is -1.36. The third-order valence-corrected chi connectivity index (χ3v) is 4.61. The first kappa shape index (κ1) is 15.0. The minimum atomic E-state index is -0.793. The van der Waals surface area contributed by atoms with Crippen LogP contribution in [-0.4, -0.2) is 24.5 Å². The number of methoxy groups -OCH3 is 1. The van der Waals surface area contributed by atoms with E-state index < -0.39 is 5.54 Å². The summed E-state index contributed by atoms with van der Waals surface area (Å²) in [7, 11) is 1.39. The molecule has 0 unspecified atom stereocenters. The monoisotopic (exact) mass is 295 g/mol. The summed E-state index contributed by atoms with van der Waals surface area (Å²) in [6, 6.07) is 2.02. The Balaban J connectivity index is 1.93. The van der Waals surface area contributed by atoms with Crippen LogP contribution in [0, 0.1) is 0 Å². The van der Waals surface area contributed by atoms with E-state index in [1.54, 1.807) is 11.3 Å². The number of hydrogen-bond acceptors (Lipinski definition) is 4. The Morgan fingerprint density at radius 1 is 1.35 bits per heavy atom. The molecule has 1 amide bonds. The molecule has 1 fully saturated rings. The van der Waals surface area contributed by atoms with Gasteiger partial charge in [0.25, 0.3) is 0 Å². The lowest BCUT2D eigenvalue weighted by atomic mass is 9.81. The zero-order valence-electron chi connectivity index (χ0n) is 11.8. The predicted molar refractivity (Wildman–Crippen MR) is 78.6 cm³/mol. The van der Waals surface area contributed by atoms with Gasteiger partial charge in [-0.3, -0.25) is 4.79 Å². The molecule has 0 aromatic carbocycles. The van der Waals surface area contributed by atoms with Gasteiger partial charge < -0.3 is 10.1 Å². The van der Waals surface area contributed by atoms with E-state index in [4.69, 9.17) is 4.74 Å². The minimum absolute atomic E-state index is 0.0662. The fourth-order valence-corrected chi connectivity index (χ4v) is 3.46. The summed E-state index contributed by atoms with van der Waals surface area (Å²) in [5.41, 5.74) is 0.375. The average Bonchev–Trinajstić information content (AvgIpc) is 2.98. The number of thiophene rings is 1. The molecular formula is C15H21NO3S. The van der Waals surface area contributed by atoms with Crippen LogP contribution >= 0.6 is 11.3 Å². The van der Waals surface area contributed by atoms with E-state index in [-0.39, 0.29) is 11.9 Å². The van der Waals surface area contributed by atoms with Crippen molar-refractivity contribution in [2.75, 3.05) is 7.11 Å². The van der Waals surface area contributed by atoms with E-state index in [0.717, 1.165) is 19.3 Å². The van der Waals surface area contributed by atoms with Crippen molar-refractivity contribution in [3.05, 3.63) is 22.4 Å². The van der Waals surface area contributed by atoms with Gasteiger partial charge in [-0.25, -0.2) is 4.79 Å². The lowest BCUT2D eigenvalue weighted by molar-refractivity contribution is -0.152. The molecule has 0 spiro atoms. The summed E-state index contributed by atoms with van der Waals surface area (Å²) in [6.45, 7) is 0. The Morgan fingerprint density at radius 2 is 2.10 bits per heavy atom. The number of carbonyl (C=O) groups is 2. The third kappa shape index (κ3) is 3.60. The van der Waals surface area contributed by atoms with E-state index in [0.29, 0.717) is 25.7 Å². The van der Waals surface area contributed by atoms with Crippen molar-refractivity contribution >= 4 is 23.2 Å². The maximum atomic E-state index is 12.1. The molecule has 1 aliphatic rings. The van der Waals surface area contributed by atoms with Crippen molar-refractivity contribution in [1.29, 1.82) is 0 Å². The fourth-order valence-electron chi connectivity index (χ4n) is 2.75. The smallest absolute Gasteiger partial charge is 0.331 e. The SMILES string of the molecule is COC(=O)C1(NC(=O)CCc2ccsc2)CCCCC1. The molecule has 1 aliphatic carbocycles. The summed E-state index contributed by atoms with van der Waals surface area (Å²) in [6.07, 6.45) is 5.53. The molecule has 0 atom stereocenters. The van der Waals surface area contributed by atoms with Crippen molar-refractivity contribution < 1.29 is 14.3 Å². The molecule has 4 nitrogen and oxygen atoms in total. The molecule has 1 aromatic heterocycles. The van der Waals surface area contributed by atoms with Crippen molar-refractivity contribution in [1.82, 2.24) is 5.32 Å². The number of ether oxygens (including phenoxy) is 1. The highest BCUT2D eigenvalue weighted by atomic mass is 32.1. The Morgan fingerprint density at radius 3 is 2.70 bits per heavy atom. The molecule has 1 aromatic rings. The number of nitrogens with one attached hydrogen (secondary N) is 1. The van der Waals surface area contributed by atoms with Crippen LogP contribution in [0.1, 0.15) is 44.1 Å². The first-order valence-electron chi connectivity index (χ1n) is 7.07. The van der Waals surface area contributed by atoms with Gasteiger partial charge in [0.15, 0.2) is 0 Å². The molecular weight excluding hydrogens is 274 g/mol. The van der Waals surface area contributed by atoms with Gasteiger partial charge in [0, 0.05) is 6.42 Å². The topological polar surface area (TPSA) is 55.4 Å². The summed E-state index contributed by atoms with van der Waals surface area (Å²) in [5, 5.41) is 6.99. The van der Waals surface area contributed by atoms with Gasteiger partial charge in [0.2, 0.25) is 5.91 Å². The number of esters is 1. The Bertz CT molecular complexity index is 450. The van der Waals surface area contributed by atoms with E-state index >= 15 is 0 Å². The number of aryl methyl sites for hydroxylation is 1. The molecule has 0 radical (unpaired) electrons. The second-order valence-electron chi connectivity index (χ2n) is 5.31. The summed E-state index contributed by atoms with van der Waals surface area (Å²) in [5.74, 6) is -0.371. The lowest BCUT2D eigenvalue weighted by Crippen LogP contribution is -2.56. The molecule has 0 aliphatic heterocycles. The summed E-state index contributed by atoms with van der Waals surface area (Å²) >= 11 is 1.63. The summed E-state index contributed by atoms with van der Waals surface area (Å²) in [4.78, 5) is 24.1. The predicted octanol–water partition coefficient (Wildman–Crippen LogP) is 2.67. The zero-order chi connectivity index (χ0) is 14.4. The van der Waals surface area contributed by atoms with Gasteiger partial charge >= 0.3 is 5.97 Å². The van der Waals surface area contributed by atoms with Crippen LogP contribution in [0.4, 0.5) is 0 Å². The number of carbonyl (C=O) groups excluding carboxylic acids is 2. The Labute approximate surface area is 123 Å².